The van der Waals surface area contributed by atoms with Gasteiger partial charge in [-0.2, -0.15) is 0 Å². The Morgan fingerprint density at radius 1 is 1.17 bits per heavy atom. The van der Waals surface area contributed by atoms with E-state index in [4.69, 9.17) is 14.2 Å². The lowest BCUT2D eigenvalue weighted by atomic mass is 9.91. The molecule has 0 aromatic heterocycles. The van der Waals surface area contributed by atoms with Crippen LogP contribution in [0.15, 0.2) is 30.3 Å². The zero-order valence-electron chi connectivity index (χ0n) is 13.1. The summed E-state index contributed by atoms with van der Waals surface area (Å²) in [6, 6.07) is 9.25. The molecule has 1 heterocycles. The number of carboxylic acid groups (broad SMARTS) is 1. The highest BCUT2D eigenvalue weighted by atomic mass is 16.5. The van der Waals surface area contributed by atoms with Crippen molar-refractivity contribution < 1.29 is 24.1 Å². The molecule has 0 bridgehead atoms. The van der Waals surface area contributed by atoms with Crippen molar-refractivity contribution in [2.75, 3.05) is 20.8 Å². The van der Waals surface area contributed by atoms with Gasteiger partial charge >= 0.3 is 5.97 Å². The lowest BCUT2D eigenvalue weighted by Gasteiger charge is -2.22. The van der Waals surface area contributed by atoms with E-state index < -0.39 is 5.97 Å². The highest BCUT2D eigenvalue weighted by Gasteiger charge is 2.22. The van der Waals surface area contributed by atoms with E-state index in [0.29, 0.717) is 24.7 Å². The van der Waals surface area contributed by atoms with Crippen molar-refractivity contribution in [2.24, 2.45) is 0 Å². The van der Waals surface area contributed by atoms with Gasteiger partial charge in [0, 0.05) is 5.56 Å². The van der Waals surface area contributed by atoms with E-state index in [0.717, 1.165) is 23.1 Å². The molecule has 0 saturated carbocycles. The van der Waals surface area contributed by atoms with Crippen LogP contribution in [0.3, 0.4) is 0 Å². The number of hydrogen-bond acceptors (Lipinski definition) is 4. The first-order valence-corrected chi connectivity index (χ1v) is 7.34. The first-order valence-electron chi connectivity index (χ1n) is 7.34. The van der Waals surface area contributed by atoms with E-state index in [1.54, 1.807) is 0 Å². The minimum absolute atomic E-state index is 0.0894. The quantitative estimate of drug-likeness (QED) is 0.939. The van der Waals surface area contributed by atoms with E-state index in [9.17, 15) is 9.90 Å². The van der Waals surface area contributed by atoms with Gasteiger partial charge < -0.3 is 19.3 Å². The van der Waals surface area contributed by atoms with E-state index in [1.165, 1.54) is 25.8 Å². The molecule has 2 aromatic carbocycles. The van der Waals surface area contributed by atoms with Crippen LogP contribution < -0.4 is 9.47 Å². The summed E-state index contributed by atoms with van der Waals surface area (Å²) in [5, 5.41) is 9.47. The summed E-state index contributed by atoms with van der Waals surface area (Å²) in [4.78, 5) is 11.6. The number of rotatable bonds is 4. The van der Waals surface area contributed by atoms with Gasteiger partial charge in [-0.1, -0.05) is 18.2 Å². The first kappa shape index (κ1) is 15.4. The highest BCUT2D eigenvalue weighted by molar-refractivity contribution is 5.95. The van der Waals surface area contributed by atoms with Gasteiger partial charge in [-0.3, -0.25) is 0 Å². The Balaban J connectivity index is 2.27. The maximum absolute atomic E-state index is 11.6. The minimum Gasteiger partial charge on any atom is -0.497 e. The van der Waals surface area contributed by atoms with Crippen LogP contribution in [0.25, 0.3) is 11.1 Å². The fourth-order valence-corrected chi connectivity index (χ4v) is 2.97. The van der Waals surface area contributed by atoms with Crippen LogP contribution in [0, 0.1) is 0 Å². The normalized spacial score (nSPS) is 13.3. The van der Waals surface area contributed by atoms with Crippen molar-refractivity contribution >= 4 is 5.97 Å². The Kier molecular flexibility index (Phi) is 4.21. The largest absolute Gasteiger partial charge is 0.497 e. The van der Waals surface area contributed by atoms with Gasteiger partial charge in [-0.25, -0.2) is 4.79 Å². The third kappa shape index (κ3) is 2.75. The molecule has 1 aliphatic heterocycles. The fourth-order valence-electron chi connectivity index (χ4n) is 2.97. The van der Waals surface area contributed by atoms with Gasteiger partial charge in [0.05, 0.1) is 27.4 Å². The van der Waals surface area contributed by atoms with Crippen LogP contribution >= 0.6 is 0 Å². The van der Waals surface area contributed by atoms with Crippen LogP contribution in [-0.2, 0) is 17.8 Å². The molecule has 5 nitrogen and oxygen atoms in total. The summed E-state index contributed by atoms with van der Waals surface area (Å²) in [5.74, 6) is -0.212. The van der Waals surface area contributed by atoms with E-state index in [2.05, 4.69) is 0 Å². The Morgan fingerprint density at radius 2 is 2.00 bits per heavy atom. The van der Waals surface area contributed by atoms with Crippen LogP contribution in [0.4, 0.5) is 0 Å². The number of aromatic carboxylic acids is 1. The Hall–Kier alpha value is -2.53. The maximum Gasteiger partial charge on any atom is 0.339 e. The molecule has 23 heavy (non-hydrogen) atoms. The topological polar surface area (TPSA) is 65.0 Å². The molecule has 0 fully saturated rings. The van der Waals surface area contributed by atoms with Crippen molar-refractivity contribution in [3.8, 4) is 22.6 Å². The van der Waals surface area contributed by atoms with Crippen LogP contribution in [-0.4, -0.2) is 31.9 Å². The number of hydrogen-bond donors (Lipinski definition) is 1. The van der Waals surface area contributed by atoms with Crippen molar-refractivity contribution in [2.45, 2.75) is 13.0 Å². The zero-order valence-corrected chi connectivity index (χ0v) is 13.1. The average molecular weight is 314 g/mol. The van der Waals surface area contributed by atoms with Crippen LogP contribution in [0.5, 0.6) is 11.5 Å². The smallest absolute Gasteiger partial charge is 0.339 e. The molecule has 0 radical (unpaired) electrons. The third-order valence-corrected chi connectivity index (χ3v) is 4.05. The second-order valence-electron chi connectivity index (χ2n) is 5.31. The molecular weight excluding hydrogens is 296 g/mol. The molecule has 0 spiro atoms. The van der Waals surface area contributed by atoms with Crippen molar-refractivity contribution in [1.29, 1.82) is 0 Å². The minimum atomic E-state index is -1.05. The Labute approximate surface area is 134 Å². The third-order valence-electron chi connectivity index (χ3n) is 4.05. The van der Waals surface area contributed by atoms with Gasteiger partial charge in [0.1, 0.15) is 17.1 Å². The molecule has 1 aliphatic rings. The zero-order chi connectivity index (χ0) is 16.4. The summed E-state index contributed by atoms with van der Waals surface area (Å²) in [5.41, 5.74) is 4.07. The monoisotopic (exact) mass is 314 g/mol. The first-order chi connectivity index (χ1) is 11.2. The van der Waals surface area contributed by atoms with Gasteiger partial charge in [0.25, 0.3) is 0 Å². The Morgan fingerprint density at radius 3 is 2.70 bits per heavy atom. The van der Waals surface area contributed by atoms with Crippen LogP contribution in [0.1, 0.15) is 21.5 Å². The predicted octanol–water partition coefficient (Wildman–Crippen LogP) is 3.14. The molecule has 120 valence electrons. The number of methoxy groups -OCH3 is 2. The second-order valence-corrected chi connectivity index (χ2v) is 5.31. The van der Waals surface area contributed by atoms with Gasteiger partial charge in [0.15, 0.2) is 0 Å². The summed E-state index contributed by atoms with van der Waals surface area (Å²) in [6.45, 7) is 1.23. The van der Waals surface area contributed by atoms with Gasteiger partial charge in [-0.05, 0) is 35.2 Å². The maximum atomic E-state index is 11.6. The van der Waals surface area contributed by atoms with E-state index in [1.807, 2.05) is 24.3 Å². The number of carbonyl (C=O) groups is 1. The summed E-state index contributed by atoms with van der Waals surface area (Å²) >= 11 is 0. The summed E-state index contributed by atoms with van der Waals surface area (Å²) in [7, 11) is 3.00. The van der Waals surface area contributed by atoms with Crippen molar-refractivity contribution in [3.05, 3.63) is 47.0 Å². The van der Waals surface area contributed by atoms with E-state index >= 15 is 0 Å². The SMILES string of the molecule is COc1cc(C(=O)O)c(OC)c(-c2cccc3c2CCOC3)c1. The molecule has 0 unspecified atom stereocenters. The molecule has 1 N–H and O–H groups in total. The van der Waals surface area contributed by atoms with Crippen molar-refractivity contribution in [3.63, 3.8) is 0 Å². The average Bonchev–Trinajstić information content (AvgIpc) is 2.59. The number of carboxylic acids is 1. The number of benzene rings is 2. The molecule has 3 rings (SSSR count). The van der Waals surface area contributed by atoms with Gasteiger partial charge in [-0.15, -0.1) is 0 Å². The molecule has 5 heteroatoms. The lowest BCUT2D eigenvalue weighted by molar-refractivity contribution is 0.0693. The fraction of sp³-hybridized carbons (Fsp3) is 0.278. The number of fused-ring (bicyclic) bond motifs is 1. The summed E-state index contributed by atoms with van der Waals surface area (Å²) in [6.07, 6.45) is 0.786. The lowest BCUT2D eigenvalue weighted by Crippen LogP contribution is -2.11. The standard InChI is InChI=1S/C18H18O5/c1-21-12-8-15(17(22-2)16(9-12)18(19)20)14-5-3-4-11-10-23-7-6-13(11)14/h3-5,8-9H,6-7,10H2,1-2H3,(H,19,20). The molecule has 0 atom stereocenters. The highest BCUT2D eigenvalue weighted by Crippen LogP contribution is 2.40. The van der Waals surface area contributed by atoms with Gasteiger partial charge in [0.2, 0.25) is 0 Å². The molecular formula is C18H18O5. The predicted molar refractivity (Wildman–Crippen MR) is 85.3 cm³/mol. The summed E-state index contributed by atoms with van der Waals surface area (Å²) < 4.78 is 16.2. The molecule has 0 amide bonds. The molecule has 0 aliphatic carbocycles. The van der Waals surface area contributed by atoms with Crippen molar-refractivity contribution in [1.82, 2.24) is 0 Å². The molecule has 0 saturated heterocycles. The molecule has 2 aromatic rings. The number of ether oxygens (including phenoxy) is 3. The van der Waals surface area contributed by atoms with Crippen LogP contribution in [0.2, 0.25) is 0 Å². The second kappa shape index (κ2) is 6.30. The van der Waals surface area contributed by atoms with E-state index in [-0.39, 0.29) is 5.56 Å². The Bertz CT molecular complexity index is 751.